The molecule has 0 aliphatic heterocycles. The third kappa shape index (κ3) is 6.42. The van der Waals surface area contributed by atoms with Crippen LogP contribution in [-0.2, 0) is 11.2 Å². The van der Waals surface area contributed by atoms with Gasteiger partial charge in [0.05, 0.1) is 5.92 Å². The van der Waals surface area contributed by atoms with Crippen LogP contribution in [0.3, 0.4) is 0 Å². The lowest BCUT2D eigenvalue weighted by molar-refractivity contribution is -0.141. The maximum absolute atomic E-state index is 11.4. The van der Waals surface area contributed by atoms with Crippen molar-refractivity contribution in [1.29, 1.82) is 0 Å². The third-order valence-electron chi connectivity index (χ3n) is 3.64. The van der Waals surface area contributed by atoms with Crippen molar-refractivity contribution in [2.45, 2.75) is 57.2 Å². The number of unbranched alkanes of at least 4 members (excludes halogenated alkanes) is 4. The van der Waals surface area contributed by atoms with Crippen LogP contribution in [-0.4, -0.2) is 16.5 Å². The fourth-order valence-electron chi connectivity index (χ4n) is 2.38. The predicted octanol–water partition coefficient (Wildman–Crippen LogP) is 4.90. The van der Waals surface area contributed by atoms with Gasteiger partial charge in [-0.05, 0) is 18.4 Å². The van der Waals surface area contributed by atoms with E-state index in [0.717, 1.165) is 24.8 Å². The molecule has 0 saturated carbocycles. The molecule has 0 fully saturated rings. The second-order valence-electron chi connectivity index (χ2n) is 5.35. The molecule has 0 saturated heterocycles. The predicted molar refractivity (Wildman–Crippen MR) is 84.3 cm³/mol. The molecule has 0 heterocycles. The molecule has 1 aromatic rings. The van der Waals surface area contributed by atoms with Gasteiger partial charge in [-0.1, -0.05) is 69.4 Å². The van der Waals surface area contributed by atoms with Gasteiger partial charge in [0.2, 0.25) is 0 Å². The number of benzene rings is 1. The standard InChI is InChI=1S/C17H25ClO2/c1-2-3-4-5-9-12-16(18)15(17(19)20)13-14-10-7-6-8-11-14/h6-8,10-11,15-16H,2-5,9,12-13H2,1H3,(H,19,20). The summed E-state index contributed by atoms with van der Waals surface area (Å²) in [5.74, 6) is -1.28. The molecule has 0 aliphatic rings. The van der Waals surface area contributed by atoms with Gasteiger partial charge in [-0.2, -0.15) is 0 Å². The Kier molecular flexibility index (Phi) is 8.36. The summed E-state index contributed by atoms with van der Waals surface area (Å²) in [5, 5.41) is 9.08. The maximum Gasteiger partial charge on any atom is 0.308 e. The van der Waals surface area contributed by atoms with E-state index in [9.17, 15) is 9.90 Å². The SMILES string of the molecule is CCCCCCCC(Cl)C(Cc1ccccc1)C(=O)O. The van der Waals surface area contributed by atoms with Gasteiger partial charge in [0.15, 0.2) is 0 Å². The van der Waals surface area contributed by atoms with Crippen LogP contribution in [0.1, 0.15) is 51.0 Å². The molecule has 2 atom stereocenters. The lowest BCUT2D eigenvalue weighted by atomic mass is 9.93. The highest BCUT2D eigenvalue weighted by Crippen LogP contribution is 2.22. The molecule has 0 spiro atoms. The van der Waals surface area contributed by atoms with Gasteiger partial charge in [0.25, 0.3) is 0 Å². The molecule has 1 aromatic carbocycles. The number of hydrogen-bond acceptors (Lipinski definition) is 1. The van der Waals surface area contributed by atoms with Gasteiger partial charge < -0.3 is 5.11 Å². The van der Waals surface area contributed by atoms with E-state index in [-0.39, 0.29) is 5.38 Å². The van der Waals surface area contributed by atoms with Crippen molar-refractivity contribution in [1.82, 2.24) is 0 Å². The molecule has 0 bridgehead atoms. The first-order chi connectivity index (χ1) is 9.65. The topological polar surface area (TPSA) is 37.3 Å². The zero-order valence-corrected chi connectivity index (χ0v) is 13.0. The van der Waals surface area contributed by atoms with Crippen molar-refractivity contribution in [3.8, 4) is 0 Å². The van der Waals surface area contributed by atoms with Crippen LogP contribution in [0.2, 0.25) is 0 Å². The van der Waals surface area contributed by atoms with Gasteiger partial charge in [-0.15, -0.1) is 11.6 Å². The molecule has 0 aliphatic carbocycles. The summed E-state index contributed by atoms with van der Waals surface area (Å²) in [6, 6.07) is 9.72. The first-order valence-corrected chi connectivity index (χ1v) is 7.99. The van der Waals surface area contributed by atoms with Gasteiger partial charge in [0, 0.05) is 5.38 Å². The van der Waals surface area contributed by atoms with Gasteiger partial charge in [0.1, 0.15) is 0 Å². The zero-order chi connectivity index (χ0) is 14.8. The number of alkyl halides is 1. The fraction of sp³-hybridized carbons (Fsp3) is 0.588. The molecular weight excluding hydrogens is 272 g/mol. The summed E-state index contributed by atoms with van der Waals surface area (Å²) in [7, 11) is 0. The van der Waals surface area contributed by atoms with Crippen LogP contribution < -0.4 is 0 Å². The largest absolute Gasteiger partial charge is 0.481 e. The second-order valence-corrected chi connectivity index (χ2v) is 5.91. The Hall–Kier alpha value is -1.02. The van der Waals surface area contributed by atoms with Crippen molar-refractivity contribution in [2.24, 2.45) is 5.92 Å². The highest BCUT2D eigenvalue weighted by molar-refractivity contribution is 6.21. The molecule has 1 N–H and O–H groups in total. The van der Waals surface area contributed by atoms with E-state index in [1.165, 1.54) is 19.3 Å². The Morgan fingerprint density at radius 3 is 2.40 bits per heavy atom. The number of halogens is 1. The number of hydrogen-bond donors (Lipinski definition) is 1. The van der Waals surface area contributed by atoms with Gasteiger partial charge >= 0.3 is 5.97 Å². The van der Waals surface area contributed by atoms with Crippen molar-refractivity contribution in [3.63, 3.8) is 0 Å². The Morgan fingerprint density at radius 2 is 1.80 bits per heavy atom. The monoisotopic (exact) mass is 296 g/mol. The van der Waals surface area contributed by atoms with E-state index in [4.69, 9.17) is 11.6 Å². The first-order valence-electron chi connectivity index (χ1n) is 7.56. The lowest BCUT2D eigenvalue weighted by Gasteiger charge is -2.18. The van der Waals surface area contributed by atoms with Crippen LogP contribution in [0.4, 0.5) is 0 Å². The minimum atomic E-state index is -0.789. The number of carbonyl (C=O) groups is 1. The number of carboxylic acids is 1. The molecule has 20 heavy (non-hydrogen) atoms. The summed E-state index contributed by atoms with van der Waals surface area (Å²) >= 11 is 6.32. The summed E-state index contributed by atoms with van der Waals surface area (Å²) < 4.78 is 0. The van der Waals surface area contributed by atoms with Gasteiger partial charge in [-0.25, -0.2) is 0 Å². The fourth-order valence-corrected chi connectivity index (χ4v) is 2.73. The number of aliphatic carboxylic acids is 1. The highest BCUT2D eigenvalue weighted by Gasteiger charge is 2.26. The van der Waals surface area contributed by atoms with Crippen LogP contribution in [0.25, 0.3) is 0 Å². The molecule has 1 rings (SSSR count). The van der Waals surface area contributed by atoms with E-state index in [0.29, 0.717) is 6.42 Å². The van der Waals surface area contributed by atoms with E-state index in [1.807, 2.05) is 30.3 Å². The van der Waals surface area contributed by atoms with E-state index in [2.05, 4.69) is 6.92 Å². The first kappa shape index (κ1) is 17.0. The Labute approximate surface area is 127 Å². The molecule has 0 radical (unpaired) electrons. The molecular formula is C17H25ClO2. The van der Waals surface area contributed by atoms with E-state index in [1.54, 1.807) is 0 Å². The quantitative estimate of drug-likeness (QED) is 0.492. The number of rotatable bonds is 10. The molecule has 112 valence electrons. The van der Waals surface area contributed by atoms with Crippen molar-refractivity contribution in [2.75, 3.05) is 0 Å². The second kappa shape index (κ2) is 9.82. The molecule has 2 nitrogen and oxygen atoms in total. The van der Waals surface area contributed by atoms with E-state index < -0.39 is 11.9 Å². The summed E-state index contributed by atoms with van der Waals surface area (Å²) in [4.78, 5) is 11.4. The lowest BCUT2D eigenvalue weighted by Crippen LogP contribution is -2.26. The molecule has 0 aromatic heterocycles. The highest BCUT2D eigenvalue weighted by atomic mass is 35.5. The van der Waals surface area contributed by atoms with Crippen molar-refractivity contribution >= 4 is 17.6 Å². The maximum atomic E-state index is 11.4. The van der Waals surface area contributed by atoms with E-state index >= 15 is 0 Å². The average molecular weight is 297 g/mol. The number of carboxylic acid groups (broad SMARTS) is 1. The van der Waals surface area contributed by atoms with Crippen LogP contribution >= 0.6 is 11.6 Å². The third-order valence-corrected chi connectivity index (χ3v) is 4.16. The average Bonchev–Trinajstić information content (AvgIpc) is 2.45. The summed E-state index contributed by atoms with van der Waals surface area (Å²) in [5.41, 5.74) is 1.04. The Balaban J connectivity index is 2.43. The Morgan fingerprint density at radius 1 is 1.15 bits per heavy atom. The minimum absolute atomic E-state index is 0.283. The normalized spacial score (nSPS) is 13.9. The van der Waals surface area contributed by atoms with Crippen molar-refractivity contribution in [3.05, 3.63) is 35.9 Å². The molecule has 2 unspecified atom stereocenters. The Bertz CT molecular complexity index is 378. The summed E-state index contributed by atoms with van der Waals surface area (Å²) in [6.07, 6.45) is 7.15. The van der Waals surface area contributed by atoms with Crippen LogP contribution in [0.5, 0.6) is 0 Å². The van der Waals surface area contributed by atoms with Crippen LogP contribution in [0.15, 0.2) is 30.3 Å². The summed E-state index contributed by atoms with van der Waals surface area (Å²) in [6.45, 7) is 2.19. The minimum Gasteiger partial charge on any atom is -0.481 e. The van der Waals surface area contributed by atoms with Crippen molar-refractivity contribution < 1.29 is 9.90 Å². The zero-order valence-electron chi connectivity index (χ0n) is 12.2. The van der Waals surface area contributed by atoms with Crippen LogP contribution in [0, 0.1) is 5.92 Å². The molecule has 3 heteroatoms. The smallest absolute Gasteiger partial charge is 0.308 e. The van der Waals surface area contributed by atoms with Gasteiger partial charge in [-0.3, -0.25) is 4.79 Å². The molecule has 0 amide bonds.